The minimum absolute atomic E-state index is 0.00289. The molecule has 4 rings (SSSR count). The van der Waals surface area contributed by atoms with Crippen LogP contribution in [0.1, 0.15) is 31.2 Å². The summed E-state index contributed by atoms with van der Waals surface area (Å²) < 4.78 is 5.31. The summed E-state index contributed by atoms with van der Waals surface area (Å²) in [6, 6.07) is 16.6. The zero-order valence-electron chi connectivity index (χ0n) is 19.0. The molecular formula is C26H31N3O4. The van der Waals surface area contributed by atoms with Crippen molar-refractivity contribution >= 4 is 23.4 Å². The van der Waals surface area contributed by atoms with Crippen molar-refractivity contribution in [1.82, 2.24) is 9.80 Å². The van der Waals surface area contributed by atoms with Crippen molar-refractivity contribution in [3.8, 4) is 5.75 Å². The zero-order valence-corrected chi connectivity index (χ0v) is 19.0. The Morgan fingerprint density at radius 3 is 2.36 bits per heavy atom. The summed E-state index contributed by atoms with van der Waals surface area (Å²) in [5.74, 6) is 0.436. The first-order valence-corrected chi connectivity index (χ1v) is 11.6. The van der Waals surface area contributed by atoms with Crippen molar-refractivity contribution in [3.63, 3.8) is 0 Å². The normalized spacial score (nSPS) is 18.8. The lowest BCUT2D eigenvalue weighted by atomic mass is 9.95. The number of para-hydroxylation sites is 2. The van der Waals surface area contributed by atoms with Crippen LogP contribution in [0.25, 0.3) is 0 Å². The Bertz CT molecular complexity index is 986. The van der Waals surface area contributed by atoms with Crippen LogP contribution in [0.4, 0.5) is 5.69 Å². The maximum atomic E-state index is 13.2. The number of carbonyl (C=O) groups is 3. The van der Waals surface area contributed by atoms with E-state index in [2.05, 4.69) is 5.32 Å². The fourth-order valence-electron chi connectivity index (χ4n) is 4.75. The molecule has 7 nitrogen and oxygen atoms in total. The molecule has 1 unspecified atom stereocenters. The second-order valence-electron chi connectivity index (χ2n) is 8.70. The van der Waals surface area contributed by atoms with Gasteiger partial charge in [-0.15, -0.1) is 0 Å². The van der Waals surface area contributed by atoms with Gasteiger partial charge >= 0.3 is 0 Å². The number of benzene rings is 2. The van der Waals surface area contributed by atoms with E-state index < -0.39 is 0 Å². The fraction of sp³-hybridized carbons (Fsp3) is 0.423. The molecule has 2 saturated heterocycles. The number of piperidine rings is 1. The number of carbonyl (C=O) groups excluding carboxylic acids is 3. The fourth-order valence-corrected chi connectivity index (χ4v) is 4.75. The van der Waals surface area contributed by atoms with E-state index in [1.54, 1.807) is 12.0 Å². The highest BCUT2D eigenvalue weighted by atomic mass is 16.5. The smallest absolute Gasteiger partial charge is 0.245 e. The molecule has 0 aromatic heterocycles. The third-order valence-electron chi connectivity index (χ3n) is 6.60. The monoisotopic (exact) mass is 449 g/mol. The van der Waals surface area contributed by atoms with Crippen LogP contribution in [0.2, 0.25) is 0 Å². The number of amides is 3. The van der Waals surface area contributed by atoms with Gasteiger partial charge in [-0.05, 0) is 43.4 Å². The first-order chi connectivity index (χ1) is 16.1. The van der Waals surface area contributed by atoms with Gasteiger partial charge in [-0.2, -0.15) is 0 Å². The lowest BCUT2D eigenvalue weighted by molar-refractivity contribution is -0.144. The Labute approximate surface area is 194 Å². The molecule has 0 radical (unpaired) electrons. The number of nitrogens with zero attached hydrogens (tertiary/aromatic N) is 2. The molecule has 2 aromatic carbocycles. The molecule has 2 aliphatic rings. The van der Waals surface area contributed by atoms with Gasteiger partial charge < -0.3 is 19.9 Å². The van der Waals surface area contributed by atoms with Gasteiger partial charge in [0.2, 0.25) is 17.7 Å². The first-order valence-electron chi connectivity index (χ1n) is 11.6. The van der Waals surface area contributed by atoms with Gasteiger partial charge in [0, 0.05) is 25.6 Å². The van der Waals surface area contributed by atoms with Gasteiger partial charge in [0.25, 0.3) is 0 Å². The lowest BCUT2D eigenvalue weighted by Crippen LogP contribution is -2.51. The number of methoxy groups -OCH3 is 1. The summed E-state index contributed by atoms with van der Waals surface area (Å²) in [4.78, 5) is 42.4. The van der Waals surface area contributed by atoms with E-state index in [1.165, 1.54) is 0 Å². The number of ether oxygens (including phenoxy) is 1. The number of nitrogens with one attached hydrogen (secondary N) is 1. The highest BCUT2D eigenvalue weighted by molar-refractivity contribution is 5.94. The predicted molar refractivity (Wildman–Crippen MR) is 126 cm³/mol. The number of anilines is 1. The van der Waals surface area contributed by atoms with Crippen LogP contribution >= 0.6 is 0 Å². The van der Waals surface area contributed by atoms with Crippen LogP contribution in [0.5, 0.6) is 5.75 Å². The van der Waals surface area contributed by atoms with Crippen LogP contribution in [0.15, 0.2) is 54.6 Å². The molecule has 2 heterocycles. The van der Waals surface area contributed by atoms with E-state index in [9.17, 15) is 14.4 Å². The topological polar surface area (TPSA) is 79.0 Å². The highest BCUT2D eigenvalue weighted by Crippen LogP contribution is 2.27. The molecule has 0 saturated carbocycles. The molecule has 1 N–H and O–H groups in total. The van der Waals surface area contributed by atoms with Crippen molar-refractivity contribution in [1.29, 1.82) is 0 Å². The Hall–Kier alpha value is -3.35. The van der Waals surface area contributed by atoms with Crippen molar-refractivity contribution in [2.45, 2.75) is 38.1 Å². The molecule has 33 heavy (non-hydrogen) atoms. The highest BCUT2D eigenvalue weighted by Gasteiger charge is 2.38. The predicted octanol–water partition coefficient (Wildman–Crippen LogP) is 3.11. The number of rotatable bonds is 6. The molecule has 0 aliphatic carbocycles. The van der Waals surface area contributed by atoms with E-state index in [-0.39, 0.29) is 29.7 Å². The summed E-state index contributed by atoms with van der Waals surface area (Å²) in [5, 5.41) is 2.96. The van der Waals surface area contributed by atoms with Gasteiger partial charge in [0.05, 0.1) is 19.2 Å². The van der Waals surface area contributed by atoms with Crippen molar-refractivity contribution in [2.75, 3.05) is 32.1 Å². The van der Waals surface area contributed by atoms with E-state index in [1.807, 2.05) is 59.5 Å². The molecule has 7 heteroatoms. The van der Waals surface area contributed by atoms with Gasteiger partial charge in [-0.1, -0.05) is 42.5 Å². The lowest BCUT2D eigenvalue weighted by Gasteiger charge is -2.35. The summed E-state index contributed by atoms with van der Waals surface area (Å²) >= 11 is 0. The van der Waals surface area contributed by atoms with Gasteiger partial charge in [0.1, 0.15) is 11.8 Å². The molecule has 2 aromatic rings. The van der Waals surface area contributed by atoms with Gasteiger partial charge in [-0.3, -0.25) is 14.4 Å². The summed E-state index contributed by atoms with van der Waals surface area (Å²) in [7, 11) is 1.58. The minimum Gasteiger partial charge on any atom is -0.495 e. The van der Waals surface area contributed by atoms with Crippen LogP contribution in [0.3, 0.4) is 0 Å². The number of hydrogen-bond donors (Lipinski definition) is 1. The second-order valence-corrected chi connectivity index (χ2v) is 8.70. The molecule has 0 bridgehead atoms. The average molecular weight is 450 g/mol. The maximum Gasteiger partial charge on any atom is 0.245 e. The standard InChI is InChI=1S/C26H31N3O4/c1-33-23-12-6-5-10-21(23)27-25(31)20-13-16-28(17-14-20)26(32)22-11-7-15-29(22)24(30)18-19-8-3-2-4-9-19/h2-6,8-10,12,20,22H,7,11,13-18H2,1H3,(H,27,31). The van der Waals surface area contributed by atoms with Gasteiger partial charge in [-0.25, -0.2) is 0 Å². The first kappa shape index (κ1) is 22.8. The minimum atomic E-state index is -0.389. The molecule has 3 amide bonds. The largest absolute Gasteiger partial charge is 0.495 e. The third-order valence-corrected chi connectivity index (χ3v) is 6.60. The Balaban J connectivity index is 1.31. The Morgan fingerprint density at radius 2 is 1.64 bits per heavy atom. The zero-order chi connectivity index (χ0) is 23.2. The molecular weight excluding hydrogens is 418 g/mol. The second kappa shape index (κ2) is 10.5. The average Bonchev–Trinajstić information content (AvgIpc) is 3.35. The van der Waals surface area contributed by atoms with Crippen LogP contribution in [0, 0.1) is 5.92 Å². The Morgan fingerprint density at radius 1 is 0.939 bits per heavy atom. The van der Waals surface area contributed by atoms with Crippen molar-refractivity contribution in [2.24, 2.45) is 5.92 Å². The molecule has 0 spiro atoms. The third kappa shape index (κ3) is 5.35. The van der Waals surface area contributed by atoms with E-state index in [4.69, 9.17) is 4.74 Å². The van der Waals surface area contributed by atoms with E-state index in [0.29, 0.717) is 56.8 Å². The van der Waals surface area contributed by atoms with E-state index in [0.717, 1.165) is 12.0 Å². The Kier molecular flexibility index (Phi) is 7.27. The quantitative estimate of drug-likeness (QED) is 0.735. The molecule has 2 fully saturated rings. The van der Waals surface area contributed by atoms with Crippen molar-refractivity contribution < 1.29 is 19.1 Å². The summed E-state index contributed by atoms with van der Waals surface area (Å²) in [6.45, 7) is 1.68. The maximum absolute atomic E-state index is 13.2. The molecule has 1 atom stereocenters. The molecule has 174 valence electrons. The number of likely N-dealkylation sites (tertiary alicyclic amines) is 2. The van der Waals surface area contributed by atoms with Gasteiger partial charge in [0.15, 0.2) is 0 Å². The van der Waals surface area contributed by atoms with Crippen LogP contribution < -0.4 is 10.1 Å². The van der Waals surface area contributed by atoms with Crippen LogP contribution in [-0.4, -0.2) is 60.3 Å². The SMILES string of the molecule is COc1ccccc1NC(=O)C1CCN(C(=O)C2CCCN2C(=O)Cc2ccccc2)CC1. The summed E-state index contributed by atoms with van der Waals surface area (Å²) in [5.41, 5.74) is 1.62. The van der Waals surface area contributed by atoms with Crippen molar-refractivity contribution in [3.05, 3.63) is 60.2 Å². The van der Waals surface area contributed by atoms with Crippen LogP contribution in [-0.2, 0) is 20.8 Å². The number of hydrogen-bond acceptors (Lipinski definition) is 4. The summed E-state index contributed by atoms with van der Waals surface area (Å²) in [6.07, 6.45) is 3.08. The molecule has 2 aliphatic heterocycles. The van der Waals surface area contributed by atoms with E-state index >= 15 is 0 Å².